The van der Waals surface area contributed by atoms with Gasteiger partial charge in [0.25, 0.3) is 0 Å². The largest absolute Gasteiger partial charge is 0.350 e. The minimum atomic E-state index is -0.317. The quantitative estimate of drug-likeness (QED) is 0.837. The van der Waals surface area contributed by atoms with Gasteiger partial charge in [-0.05, 0) is 49.5 Å². The standard InChI is InChI=1S/C21H27FN2O2/c22-18-8-4-5-16(15-18)9-10-20(25)23-19-11-13-24(14-12-19)21(26)17-6-2-1-3-7-17/h4-5,8-10,15,17,19H,1-3,6-7,11-14H2,(H,23,25)/b10-9+. The normalized spacial score (nSPS) is 19.7. The number of piperidine rings is 1. The van der Waals surface area contributed by atoms with E-state index < -0.39 is 0 Å². The third kappa shape index (κ3) is 5.16. The summed E-state index contributed by atoms with van der Waals surface area (Å²) < 4.78 is 13.1. The molecule has 26 heavy (non-hydrogen) atoms. The van der Waals surface area contributed by atoms with Crippen molar-refractivity contribution in [2.75, 3.05) is 13.1 Å². The zero-order chi connectivity index (χ0) is 18.4. The van der Waals surface area contributed by atoms with Crippen LogP contribution >= 0.6 is 0 Å². The van der Waals surface area contributed by atoms with Crippen LogP contribution in [0.5, 0.6) is 0 Å². The summed E-state index contributed by atoms with van der Waals surface area (Å²) in [6.07, 6.45) is 10.3. The number of likely N-dealkylation sites (tertiary alicyclic amines) is 1. The van der Waals surface area contributed by atoms with Crippen LogP contribution in [0.2, 0.25) is 0 Å². The molecule has 0 atom stereocenters. The molecule has 2 fully saturated rings. The highest BCUT2D eigenvalue weighted by Crippen LogP contribution is 2.26. The lowest BCUT2D eigenvalue weighted by molar-refractivity contribution is -0.137. The van der Waals surface area contributed by atoms with Gasteiger partial charge in [-0.15, -0.1) is 0 Å². The SMILES string of the molecule is O=C(/C=C/c1cccc(F)c1)NC1CCN(C(=O)C2CCCCC2)CC1. The zero-order valence-electron chi connectivity index (χ0n) is 15.1. The van der Waals surface area contributed by atoms with Crippen molar-refractivity contribution in [3.63, 3.8) is 0 Å². The average molecular weight is 358 g/mol. The van der Waals surface area contributed by atoms with E-state index in [1.165, 1.54) is 37.5 Å². The van der Waals surface area contributed by atoms with Crippen molar-refractivity contribution < 1.29 is 14.0 Å². The van der Waals surface area contributed by atoms with Crippen LogP contribution in [0, 0.1) is 11.7 Å². The van der Waals surface area contributed by atoms with E-state index in [0.717, 1.165) is 25.7 Å². The van der Waals surface area contributed by atoms with Gasteiger partial charge >= 0.3 is 0 Å². The van der Waals surface area contributed by atoms with E-state index in [0.29, 0.717) is 24.6 Å². The van der Waals surface area contributed by atoms with Crippen molar-refractivity contribution >= 4 is 17.9 Å². The number of amides is 2. The number of hydrogen-bond donors (Lipinski definition) is 1. The maximum atomic E-state index is 13.1. The van der Waals surface area contributed by atoms with Crippen LogP contribution < -0.4 is 5.32 Å². The van der Waals surface area contributed by atoms with Crippen LogP contribution in [-0.2, 0) is 9.59 Å². The first kappa shape index (κ1) is 18.6. The van der Waals surface area contributed by atoms with Gasteiger partial charge in [-0.3, -0.25) is 9.59 Å². The second kappa shape index (κ2) is 8.97. The van der Waals surface area contributed by atoms with Crippen molar-refractivity contribution in [2.45, 2.75) is 51.0 Å². The summed E-state index contributed by atoms with van der Waals surface area (Å²) in [5, 5.41) is 2.99. The van der Waals surface area contributed by atoms with Crippen molar-refractivity contribution in [1.82, 2.24) is 10.2 Å². The minimum Gasteiger partial charge on any atom is -0.350 e. The molecule has 140 valence electrons. The lowest BCUT2D eigenvalue weighted by atomic mass is 9.87. The minimum absolute atomic E-state index is 0.0927. The number of nitrogens with one attached hydrogen (secondary N) is 1. The molecule has 1 aromatic rings. The smallest absolute Gasteiger partial charge is 0.244 e. The highest BCUT2D eigenvalue weighted by atomic mass is 19.1. The van der Waals surface area contributed by atoms with Crippen molar-refractivity contribution in [3.05, 3.63) is 41.7 Å². The van der Waals surface area contributed by atoms with Crippen LogP contribution in [0.4, 0.5) is 4.39 Å². The molecule has 4 nitrogen and oxygen atoms in total. The molecule has 0 radical (unpaired) electrons. The molecule has 1 aliphatic heterocycles. The van der Waals surface area contributed by atoms with Gasteiger partial charge < -0.3 is 10.2 Å². The van der Waals surface area contributed by atoms with Crippen LogP contribution in [0.3, 0.4) is 0 Å². The summed E-state index contributed by atoms with van der Waals surface area (Å²) in [4.78, 5) is 26.6. The Kier molecular flexibility index (Phi) is 6.42. The third-order valence-corrected chi connectivity index (χ3v) is 5.38. The zero-order valence-corrected chi connectivity index (χ0v) is 15.1. The first-order valence-corrected chi connectivity index (χ1v) is 9.65. The summed E-state index contributed by atoms with van der Waals surface area (Å²) in [6, 6.07) is 6.22. The van der Waals surface area contributed by atoms with Gasteiger partial charge in [-0.2, -0.15) is 0 Å². The van der Waals surface area contributed by atoms with Gasteiger partial charge in [0.2, 0.25) is 11.8 Å². The van der Waals surface area contributed by atoms with Gasteiger partial charge in [0, 0.05) is 31.1 Å². The first-order valence-electron chi connectivity index (χ1n) is 9.65. The summed E-state index contributed by atoms with van der Waals surface area (Å²) >= 11 is 0. The maximum absolute atomic E-state index is 13.1. The van der Waals surface area contributed by atoms with E-state index in [1.807, 2.05) is 4.90 Å². The second-order valence-electron chi connectivity index (χ2n) is 7.33. The number of carbonyl (C=O) groups excluding carboxylic acids is 2. The van der Waals surface area contributed by atoms with Gasteiger partial charge in [0.05, 0.1) is 0 Å². The Balaban J connectivity index is 1.43. The molecule has 1 aliphatic carbocycles. The number of carbonyl (C=O) groups is 2. The lowest BCUT2D eigenvalue weighted by Gasteiger charge is -2.35. The van der Waals surface area contributed by atoms with Crippen LogP contribution in [0.15, 0.2) is 30.3 Å². The topological polar surface area (TPSA) is 49.4 Å². The molecule has 1 aromatic carbocycles. The number of halogens is 1. The third-order valence-electron chi connectivity index (χ3n) is 5.38. The Morgan fingerprint density at radius 2 is 1.81 bits per heavy atom. The van der Waals surface area contributed by atoms with Crippen LogP contribution in [0.25, 0.3) is 6.08 Å². The fraction of sp³-hybridized carbons (Fsp3) is 0.524. The Bertz CT molecular complexity index is 660. The molecular formula is C21H27FN2O2. The van der Waals surface area contributed by atoms with Gasteiger partial charge in [0.1, 0.15) is 5.82 Å². The highest BCUT2D eigenvalue weighted by Gasteiger charge is 2.29. The Labute approximate surface area is 154 Å². The second-order valence-corrected chi connectivity index (χ2v) is 7.33. The molecule has 0 aromatic heterocycles. The van der Waals surface area contributed by atoms with E-state index in [2.05, 4.69) is 5.32 Å². The molecule has 2 amide bonds. The number of hydrogen-bond acceptors (Lipinski definition) is 2. The fourth-order valence-electron chi connectivity index (χ4n) is 3.88. The molecule has 1 saturated carbocycles. The summed E-state index contributed by atoms with van der Waals surface area (Å²) in [5.41, 5.74) is 0.660. The van der Waals surface area contributed by atoms with E-state index in [-0.39, 0.29) is 23.7 Å². The van der Waals surface area contributed by atoms with E-state index in [4.69, 9.17) is 0 Å². The van der Waals surface area contributed by atoms with E-state index >= 15 is 0 Å². The molecule has 0 unspecified atom stereocenters. The summed E-state index contributed by atoms with van der Waals surface area (Å²) in [5.74, 6) is 0.0263. The van der Waals surface area contributed by atoms with Crippen molar-refractivity contribution in [2.24, 2.45) is 5.92 Å². The number of benzene rings is 1. The highest BCUT2D eigenvalue weighted by molar-refractivity contribution is 5.91. The summed E-state index contributed by atoms with van der Waals surface area (Å²) in [7, 11) is 0. The molecule has 1 saturated heterocycles. The lowest BCUT2D eigenvalue weighted by Crippen LogP contribution is -2.48. The molecule has 2 aliphatic rings. The molecule has 5 heteroatoms. The predicted octanol–water partition coefficient (Wildman–Crippen LogP) is 3.53. The Morgan fingerprint density at radius 1 is 1.08 bits per heavy atom. The number of nitrogens with zero attached hydrogens (tertiary/aromatic N) is 1. The van der Waals surface area contributed by atoms with Crippen molar-refractivity contribution in [1.29, 1.82) is 0 Å². The fourth-order valence-corrected chi connectivity index (χ4v) is 3.88. The van der Waals surface area contributed by atoms with Gasteiger partial charge in [-0.1, -0.05) is 31.4 Å². The molecular weight excluding hydrogens is 331 g/mol. The predicted molar refractivity (Wildman–Crippen MR) is 99.8 cm³/mol. The number of rotatable bonds is 4. The Hall–Kier alpha value is -2.17. The van der Waals surface area contributed by atoms with Gasteiger partial charge in [0.15, 0.2) is 0 Å². The molecule has 1 heterocycles. The Morgan fingerprint density at radius 3 is 2.50 bits per heavy atom. The van der Waals surface area contributed by atoms with Gasteiger partial charge in [-0.25, -0.2) is 4.39 Å². The average Bonchev–Trinajstić information content (AvgIpc) is 2.67. The van der Waals surface area contributed by atoms with E-state index in [9.17, 15) is 14.0 Å². The monoisotopic (exact) mass is 358 g/mol. The first-order chi connectivity index (χ1) is 12.6. The summed E-state index contributed by atoms with van der Waals surface area (Å²) in [6.45, 7) is 1.43. The molecule has 0 bridgehead atoms. The molecule has 0 spiro atoms. The van der Waals surface area contributed by atoms with Crippen LogP contribution in [0.1, 0.15) is 50.5 Å². The molecule has 1 N–H and O–H groups in total. The van der Waals surface area contributed by atoms with Crippen LogP contribution in [-0.4, -0.2) is 35.8 Å². The molecule has 3 rings (SSSR count). The maximum Gasteiger partial charge on any atom is 0.244 e. The van der Waals surface area contributed by atoms with Crippen molar-refractivity contribution in [3.8, 4) is 0 Å². The van der Waals surface area contributed by atoms with E-state index in [1.54, 1.807) is 18.2 Å².